The van der Waals surface area contributed by atoms with Crippen LogP contribution in [0, 0.1) is 10.7 Å². The largest absolute Gasteiger partial charge is 1.00 e. The molecule has 1 N–H and O–H groups in total. The molecule has 0 amide bonds. The molecule has 0 spiro atoms. The zero-order chi connectivity index (χ0) is 14.6. The van der Waals surface area contributed by atoms with Crippen LogP contribution in [0.25, 0.3) is 0 Å². The van der Waals surface area contributed by atoms with Crippen LogP contribution in [0.15, 0.2) is 11.1 Å². The molecule has 106 valence electrons. The van der Waals surface area contributed by atoms with Gasteiger partial charge in [0, 0.05) is 31.2 Å². The molecule has 1 aromatic carbocycles. The van der Waals surface area contributed by atoms with Crippen LogP contribution in [0.2, 0.25) is 0 Å². The Hall–Kier alpha value is 1.35. The summed E-state index contributed by atoms with van der Waals surface area (Å²) in [5.41, 5.74) is 1.98. The van der Waals surface area contributed by atoms with Gasteiger partial charge in [-0.25, -0.2) is 4.99 Å². The number of nitrogens with zero attached hydrogens (tertiary/aromatic N) is 2. The van der Waals surface area contributed by atoms with E-state index in [1.54, 1.807) is 6.34 Å². The Morgan fingerprint density at radius 2 is 2.00 bits per heavy atom. The van der Waals surface area contributed by atoms with Gasteiger partial charge in [0.05, 0.1) is 12.0 Å². The van der Waals surface area contributed by atoms with Gasteiger partial charge in [0.25, 0.3) is 0 Å². The Morgan fingerprint density at radius 3 is 2.50 bits per heavy atom. The standard InChI is InChI=1S/C12H13I3N2O2.Na.H/c1-17(2)6-16-12-9(14)5-8(13)7(11(12)15)3-4-10(18)19;;/h5-6H,3-4H2,1-2H3,(H,18,19);;/q;+1;-1. The van der Waals surface area contributed by atoms with Gasteiger partial charge in [-0.2, -0.15) is 0 Å². The summed E-state index contributed by atoms with van der Waals surface area (Å²) in [6, 6.07) is 2.04. The summed E-state index contributed by atoms with van der Waals surface area (Å²) in [4.78, 5) is 17.1. The Bertz CT molecular complexity index is 528. The molecule has 0 aliphatic rings. The Morgan fingerprint density at radius 1 is 1.40 bits per heavy atom. The van der Waals surface area contributed by atoms with Crippen LogP contribution in [0.5, 0.6) is 0 Å². The van der Waals surface area contributed by atoms with Crippen LogP contribution in [0.3, 0.4) is 0 Å². The average molecular weight is 622 g/mol. The number of hydrogen-bond donors (Lipinski definition) is 1. The van der Waals surface area contributed by atoms with E-state index in [0.29, 0.717) is 6.42 Å². The zero-order valence-electron chi connectivity index (χ0n) is 12.5. The van der Waals surface area contributed by atoms with Crippen molar-refractivity contribution in [3.63, 3.8) is 0 Å². The van der Waals surface area contributed by atoms with Gasteiger partial charge in [0.15, 0.2) is 0 Å². The zero-order valence-corrected chi connectivity index (χ0v) is 19.9. The molecule has 0 aromatic heterocycles. The van der Waals surface area contributed by atoms with Gasteiger partial charge in [-0.1, -0.05) is 0 Å². The van der Waals surface area contributed by atoms with E-state index in [0.717, 1.165) is 22.0 Å². The number of rotatable bonds is 5. The second-order valence-corrected chi connectivity index (χ2v) is 7.49. The Labute approximate surface area is 183 Å². The van der Waals surface area contributed by atoms with Crippen LogP contribution in [0.4, 0.5) is 5.69 Å². The molecule has 0 radical (unpaired) electrons. The van der Waals surface area contributed by atoms with E-state index < -0.39 is 5.97 Å². The molecule has 0 saturated carbocycles. The van der Waals surface area contributed by atoms with Crippen molar-refractivity contribution in [1.29, 1.82) is 0 Å². The molecule has 0 saturated heterocycles. The summed E-state index contributed by atoms with van der Waals surface area (Å²) < 4.78 is 3.20. The van der Waals surface area contributed by atoms with Crippen LogP contribution < -0.4 is 29.6 Å². The maximum atomic E-state index is 10.7. The first-order valence-electron chi connectivity index (χ1n) is 5.41. The minimum atomic E-state index is -0.775. The fourth-order valence-electron chi connectivity index (χ4n) is 1.37. The van der Waals surface area contributed by atoms with Crippen molar-refractivity contribution in [3.05, 3.63) is 22.3 Å². The van der Waals surface area contributed by atoms with Crippen molar-refractivity contribution < 1.29 is 40.9 Å². The van der Waals surface area contributed by atoms with Crippen molar-refractivity contribution in [2.24, 2.45) is 4.99 Å². The first kappa shape index (κ1) is 21.4. The number of benzene rings is 1. The number of carboxylic acids is 1. The minimum absolute atomic E-state index is 0. The van der Waals surface area contributed by atoms with Crippen LogP contribution in [-0.4, -0.2) is 36.4 Å². The molecule has 0 atom stereocenters. The van der Waals surface area contributed by atoms with Gasteiger partial charge in [-0.05, 0) is 85.8 Å². The molecule has 0 unspecified atom stereocenters. The van der Waals surface area contributed by atoms with E-state index in [1.807, 2.05) is 25.1 Å². The van der Waals surface area contributed by atoms with Gasteiger partial charge >= 0.3 is 35.5 Å². The number of carboxylic acid groups (broad SMARTS) is 1. The van der Waals surface area contributed by atoms with E-state index in [4.69, 9.17) is 5.11 Å². The summed E-state index contributed by atoms with van der Waals surface area (Å²) in [6.45, 7) is 0. The molecule has 0 heterocycles. The number of halogens is 3. The minimum Gasteiger partial charge on any atom is -1.00 e. The third-order valence-corrected chi connectivity index (χ3v) is 5.19. The second kappa shape index (κ2) is 10.2. The Balaban J connectivity index is 0. The number of hydrogen-bond acceptors (Lipinski definition) is 2. The first-order chi connectivity index (χ1) is 8.82. The maximum absolute atomic E-state index is 10.7. The van der Waals surface area contributed by atoms with E-state index in [2.05, 4.69) is 72.8 Å². The fourth-order valence-corrected chi connectivity index (χ4v) is 5.56. The van der Waals surface area contributed by atoms with Crippen LogP contribution in [-0.2, 0) is 11.2 Å². The van der Waals surface area contributed by atoms with E-state index >= 15 is 0 Å². The molecule has 0 fully saturated rings. The molecule has 8 heteroatoms. The van der Waals surface area contributed by atoms with Crippen molar-refractivity contribution in [2.75, 3.05) is 14.1 Å². The van der Waals surface area contributed by atoms with E-state index in [9.17, 15) is 4.79 Å². The van der Waals surface area contributed by atoms with Crippen LogP contribution in [0.1, 0.15) is 13.4 Å². The normalized spacial score (nSPS) is 10.4. The first-order valence-corrected chi connectivity index (χ1v) is 8.65. The summed E-state index contributed by atoms with van der Waals surface area (Å²) in [7, 11) is 3.84. The molecule has 20 heavy (non-hydrogen) atoms. The van der Waals surface area contributed by atoms with Crippen molar-refractivity contribution >= 4 is 85.8 Å². The van der Waals surface area contributed by atoms with Gasteiger partial charge in [-0.15, -0.1) is 0 Å². The van der Waals surface area contributed by atoms with Gasteiger partial charge in [0.2, 0.25) is 0 Å². The summed E-state index contributed by atoms with van der Waals surface area (Å²) in [5.74, 6) is -0.775. The second-order valence-electron chi connectivity index (χ2n) is 4.08. The van der Waals surface area contributed by atoms with Gasteiger partial charge < -0.3 is 11.4 Å². The van der Waals surface area contributed by atoms with Gasteiger partial charge in [-0.3, -0.25) is 4.79 Å². The molecular formula is C12H14I3N2NaO2. The number of aliphatic carboxylic acids is 1. The van der Waals surface area contributed by atoms with Crippen molar-refractivity contribution in [3.8, 4) is 0 Å². The van der Waals surface area contributed by atoms with E-state index in [-0.39, 0.29) is 37.4 Å². The molecular weight excluding hydrogens is 608 g/mol. The number of aliphatic imine (C=N–C) groups is 1. The third kappa shape index (κ3) is 6.63. The summed E-state index contributed by atoms with van der Waals surface area (Å²) in [5, 5.41) is 8.81. The van der Waals surface area contributed by atoms with Gasteiger partial charge in [0.1, 0.15) is 0 Å². The molecule has 1 rings (SSSR count). The SMILES string of the molecule is CN(C)C=Nc1c(I)cc(I)c(CCC(=O)O)c1I.[H-].[Na+]. The quantitative estimate of drug-likeness (QED) is 0.230. The van der Waals surface area contributed by atoms with Crippen molar-refractivity contribution in [1.82, 2.24) is 4.90 Å². The third-order valence-electron chi connectivity index (χ3n) is 2.25. The maximum Gasteiger partial charge on any atom is 1.00 e. The average Bonchev–Trinajstić information content (AvgIpc) is 2.27. The van der Waals surface area contributed by atoms with Crippen LogP contribution >= 0.6 is 67.8 Å². The molecule has 0 bridgehead atoms. The molecule has 0 aliphatic carbocycles. The monoisotopic (exact) mass is 622 g/mol. The molecule has 1 aromatic rings. The predicted octanol–water partition coefficient (Wildman–Crippen LogP) is 0.855. The summed E-state index contributed by atoms with van der Waals surface area (Å²) >= 11 is 6.76. The van der Waals surface area contributed by atoms with Crippen molar-refractivity contribution in [2.45, 2.75) is 12.8 Å². The molecule has 4 nitrogen and oxygen atoms in total. The smallest absolute Gasteiger partial charge is 1.00 e. The molecule has 0 aliphatic heterocycles. The van der Waals surface area contributed by atoms with E-state index in [1.165, 1.54) is 0 Å². The predicted molar refractivity (Wildman–Crippen MR) is 104 cm³/mol. The topological polar surface area (TPSA) is 52.9 Å². The number of carbonyl (C=O) groups is 1. The summed E-state index contributed by atoms with van der Waals surface area (Å²) in [6.07, 6.45) is 2.43. The fraction of sp³-hybridized carbons (Fsp3) is 0.333. The Kier molecular flexibility index (Phi) is 10.9.